The van der Waals surface area contributed by atoms with Gasteiger partial charge in [-0.2, -0.15) is 0 Å². The second kappa shape index (κ2) is 6.24. The minimum Gasteiger partial charge on any atom is -0.316 e. The van der Waals surface area contributed by atoms with Gasteiger partial charge in [-0.25, -0.2) is 13.1 Å². The monoisotopic (exact) mass is 296 g/mol. The number of hydrogen-bond acceptors (Lipinski definition) is 3. The van der Waals surface area contributed by atoms with Gasteiger partial charge in [0.2, 0.25) is 10.0 Å². The molecule has 4 nitrogen and oxygen atoms in total. The first-order valence-corrected chi connectivity index (χ1v) is 8.73. The lowest BCUT2D eigenvalue weighted by Crippen LogP contribution is -2.41. The van der Waals surface area contributed by atoms with Crippen molar-refractivity contribution in [3.63, 3.8) is 0 Å². The summed E-state index contributed by atoms with van der Waals surface area (Å²) in [7, 11) is -1.51. The standard InChI is InChI=1S/C15H24N2O2S/c1-3-15(9-4-10-15)12-17-20(18,19)14-7-5-13(6-8-14)11-16-2/h5-8,16-17H,3-4,9-12H2,1-2H3. The van der Waals surface area contributed by atoms with Crippen molar-refractivity contribution in [2.45, 2.75) is 44.0 Å². The van der Waals surface area contributed by atoms with Crippen LogP contribution in [0.2, 0.25) is 0 Å². The van der Waals surface area contributed by atoms with Crippen molar-refractivity contribution in [2.75, 3.05) is 13.6 Å². The molecule has 0 radical (unpaired) electrons. The Hall–Kier alpha value is -0.910. The molecule has 2 N–H and O–H groups in total. The van der Waals surface area contributed by atoms with Crippen LogP contribution >= 0.6 is 0 Å². The van der Waals surface area contributed by atoms with E-state index < -0.39 is 10.0 Å². The van der Waals surface area contributed by atoms with Crippen LogP contribution in [-0.4, -0.2) is 22.0 Å². The Kier molecular flexibility index (Phi) is 4.83. The Morgan fingerprint density at radius 3 is 2.30 bits per heavy atom. The van der Waals surface area contributed by atoms with Crippen molar-refractivity contribution in [1.82, 2.24) is 10.0 Å². The Bertz CT molecular complexity index is 528. The summed E-state index contributed by atoms with van der Waals surface area (Å²) in [6.45, 7) is 3.44. The maximum Gasteiger partial charge on any atom is 0.240 e. The molecule has 0 aliphatic heterocycles. The number of hydrogen-bond donors (Lipinski definition) is 2. The third-order valence-corrected chi connectivity index (χ3v) is 5.83. The van der Waals surface area contributed by atoms with E-state index in [4.69, 9.17) is 0 Å². The van der Waals surface area contributed by atoms with Gasteiger partial charge in [-0.3, -0.25) is 0 Å². The van der Waals surface area contributed by atoms with Crippen LogP contribution in [0, 0.1) is 5.41 Å². The molecule has 0 spiro atoms. The molecule has 20 heavy (non-hydrogen) atoms. The van der Waals surface area contributed by atoms with Crippen molar-refractivity contribution in [3.05, 3.63) is 29.8 Å². The first-order valence-electron chi connectivity index (χ1n) is 7.24. The van der Waals surface area contributed by atoms with Crippen molar-refractivity contribution >= 4 is 10.0 Å². The quantitative estimate of drug-likeness (QED) is 0.811. The van der Waals surface area contributed by atoms with Crippen LogP contribution in [-0.2, 0) is 16.6 Å². The molecule has 5 heteroatoms. The zero-order chi connectivity index (χ0) is 14.6. The molecular formula is C15H24N2O2S. The summed E-state index contributed by atoms with van der Waals surface area (Å²) in [5, 5.41) is 3.04. The first kappa shape index (κ1) is 15.5. The molecule has 1 aromatic carbocycles. The van der Waals surface area contributed by atoms with Crippen LogP contribution in [0.25, 0.3) is 0 Å². The van der Waals surface area contributed by atoms with Gasteiger partial charge >= 0.3 is 0 Å². The minimum atomic E-state index is -3.38. The summed E-state index contributed by atoms with van der Waals surface area (Å²) >= 11 is 0. The number of rotatable bonds is 7. The summed E-state index contributed by atoms with van der Waals surface area (Å²) in [4.78, 5) is 0.350. The first-order chi connectivity index (χ1) is 9.51. The van der Waals surface area contributed by atoms with E-state index in [0.717, 1.165) is 31.4 Å². The summed E-state index contributed by atoms with van der Waals surface area (Å²) in [6, 6.07) is 7.05. The van der Waals surface area contributed by atoms with Gasteiger partial charge in [-0.05, 0) is 49.4 Å². The van der Waals surface area contributed by atoms with Crippen LogP contribution in [0.15, 0.2) is 29.2 Å². The van der Waals surface area contributed by atoms with Gasteiger partial charge < -0.3 is 5.32 Å². The molecule has 2 rings (SSSR count). The maximum absolute atomic E-state index is 12.3. The SMILES string of the molecule is CCC1(CNS(=O)(=O)c2ccc(CNC)cc2)CCC1. The second-order valence-corrected chi connectivity index (χ2v) is 7.47. The molecule has 112 valence electrons. The summed E-state index contributed by atoms with van der Waals surface area (Å²) in [6.07, 6.45) is 4.52. The van der Waals surface area contributed by atoms with Gasteiger partial charge in [0.25, 0.3) is 0 Å². The van der Waals surface area contributed by atoms with Crippen LogP contribution in [0.1, 0.15) is 38.2 Å². The van der Waals surface area contributed by atoms with E-state index in [1.807, 2.05) is 19.2 Å². The average Bonchev–Trinajstić information content (AvgIpc) is 2.39. The predicted molar refractivity (Wildman–Crippen MR) is 81.0 cm³/mol. The summed E-state index contributed by atoms with van der Waals surface area (Å²) in [5.41, 5.74) is 1.27. The minimum absolute atomic E-state index is 0.194. The lowest BCUT2D eigenvalue weighted by Gasteiger charge is -2.41. The highest BCUT2D eigenvalue weighted by Crippen LogP contribution is 2.43. The molecule has 1 saturated carbocycles. The van der Waals surface area contributed by atoms with Crippen LogP contribution in [0.4, 0.5) is 0 Å². The largest absolute Gasteiger partial charge is 0.316 e. The lowest BCUT2D eigenvalue weighted by atomic mass is 9.67. The van der Waals surface area contributed by atoms with E-state index in [9.17, 15) is 8.42 Å². The molecule has 0 bridgehead atoms. The Labute approximate surface area is 122 Å². The normalized spacial score (nSPS) is 17.7. The molecule has 1 aliphatic carbocycles. The second-order valence-electron chi connectivity index (χ2n) is 5.71. The molecule has 0 aromatic heterocycles. The topological polar surface area (TPSA) is 58.2 Å². The van der Waals surface area contributed by atoms with E-state index in [1.54, 1.807) is 12.1 Å². The molecule has 0 heterocycles. The lowest BCUT2D eigenvalue weighted by molar-refractivity contribution is 0.133. The predicted octanol–water partition coefficient (Wildman–Crippen LogP) is 2.26. The number of nitrogens with one attached hydrogen (secondary N) is 2. The highest BCUT2D eigenvalue weighted by molar-refractivity contribution is 7.89. The van der Waals surface area contributed by atoms with Gasteiger partial charge in [0, 0.05) is 13.1 Å². The van der Waals surface area contributed by atoms with E-state index in [0.29, 0.717) is 11.4 Å². The number of sulfonamides is 1. The van der Waals surface area contributed by atoms with Crippen LogP contribution in [0.3, 0.4) is 0 Å². The Balaban J connectivity index is 2.02. The van der Waals surface area contributed by atoms with Crippen molar-refractivity contribution in [1.29, 1.82) is 0 Å². The van der Waals surface area contributed by atoms with Crippen molar-refractivity contribution in [2.24, 2.45) is 5.41 Å². The van der Waals surface area contributed by atoms with Crippen LogP contribution < -0.4 is 10.0 Å². The van der Waals surface area contributed by atoms with Gasteiger partial charge in [0.05, 0.1) is 4.90 Å². The Morgan fingerprint density at radius 2 is 1.85 bits per heavy atom. The zero-order valence-corrected chi connectivity index (χ0v) is 13.1. The molecule has 1 fully saturated rings. The summed E-state index contributed by atoms with van der Waals surface area (Å²) in [5.74, 6) is 0. The third kappa shape index (κ3) is 3.40. The van der Waals surface area contributed by atoms with E-state index >= 15 is 0 Å². The fourth-order valence-corrected chi connectivity index (χ4v) is 3.81. The van der Waals surface area contributed by atoms with E-state index in [-0.39, 0.29) is 5.41 Å². The molecule has 0 amide bonds. The molecule has 1 aromatic rings. The molecule has 0 saturated heterocycles. The van der Waals surface area contributed by atoms with Gasteiger partial charge in [0.15, 0.2) is 0 Å². The molecule has 0 atom stereocenters. The van der Waals surface area contributed by atoms with Crippen LogP contribution in [0.5, 0.6) is 0 Å². The number of benzene rings is 1. The van der Waals surface area contributed by atoms with Gasteiger partial charge in [0.1, 0.15) is 0 Å². The highest BCUT2D eigenvalue weighted by Gasteiger charge is 2.36. The molecule has 1 aliphatic rings. The van der Waals surface area contributed by atoms with Crippen molar-refractivity contribution in [3.8, 4) is 0 Å². The fraction of sp³-hybridized carbons (Fsp3) is 0.600. The fourth-order valence-electron chi connectivity index (χ4n) is 2.65. The smallest absolute Gasteiger partial charge is 0.240 e. The third-order valence-electron chi connectivity index (χ3n) is 4.42. The zero-order valence-electron chi connectivity index (χ0n) is 12.3. The van der Waals surface area contributed by atoms with Crippen molar-refractivity contribution < 1.29 is 8.42 Å². The maximum atomic E-state index is 12.3. The average molecular weight is 296 g/mol. The molecule has 0 unspecified atom stereocenters. The highest BCUT2D eigenvalue weighted by atomic mass is 32.2. The molecular weight excluding hydrogens is 272 g/mol. The van der Waals surface area contributed by atoms with E-state index in [1.165, 1.54) is 6.42 Å². The van der Waals surface area contributed by atoms with Gasteiger partial charge in [-0.15, -0.1) is 0 Å². The summed E-state index contributed by atoms with van der Waals surface area (Å²) < 4.78 is 27.3. The van der Waals surface area contributed by atoms with Gasteiger partial charge in [-0.1, -0.05) is 25.5 Å². The van der Waals surface area contributed by atoms with E-state index in [2.05, 4.69) is 17.0 Å². The Morgan fingerprint density at radius 1 is 1.20 bits per heavy atom.